The fraction of sp³-hybridized carbons (Fsp3) is 0.348. The molecule has 0 bridgehead atoms. The number of nitrogens with one attached hydrogen (secondary N) is 1. The molecule has 1 fully saturated rings. The number of benzene rings is 2. The quantitative estimate of drug-likeness (QED) is 0.795. The zero-order chi connectivity index (χ0) is 20.5. The molecule has 0 aliphatic carbocycles. The smallest absolute Gasteiger partial charge is 0.0995 e. The van der Waals surface area contributed by atoms with Gasteiger partial charge >= 0.3 is 0 Å². The van der Waals surface area contributed by atoms with Crippen molar-refractivity contribution in [3.05, 3.63) is 71.4 Å². The molecule has 2 aromatic rings. The van der Waals surface area contributed by atoms with Crippen LogP contribution in [0.4, 0.5) is 11.4 Å². The Labute approximate surface area is 169 Å². The minimum atomic E-state index is 0.803. The standard InChI is InChI=1S/C14H19N3.C9H12N2/c1-12-3-4-13(14(9-12)10-15)11-17-7-5-16(2)6-8-17;1-3-11-8-5-4-7(2)9(10)6-8/h3-4,9H,5-8,11H2,1-2H3;3-6,11H,1,10H2,2H3. The van der Waals surface area contributed by atoms with Crippen LogP contribution in [0.5, 0.6) is 0 Å². The predicted octanol–water partition coefficient (Wildman–Crippen LogP) is 3.75. The maximum Gasteiger partial charge on any atom is 0.0995 e. The third-order valence-corrected chi connectivity index (χ3v) is 4.92. The summed E-state index contributed by atoms with van der Waals surface area (Å²) < 4.78 is 0. The minimum absolute atomic E-state index is 0.803. The van der Waals surface area contributed by atoms with Gasteiger partial charge in [-0.05, 0) is 62.0 Å². The lowest BCUT2D eigenvalue weighted by molar-refractivity contribution is 0.148. The Hall–Kier alpha value is -2.81. The van der Waals surface area contributed by atoms with Gasteiger partial charge in [-0.25, -0.2) is 0 Å². The number of aryl methyl sites for hydroxylation is 2. The second-order valence-electron chi connectivity index (χ2n) is 7.27. The molecule has 1 aliphatic heterocycles. The van der Waals surface area contributed by atoms with Crippen molar-refractivity contribution < 1.29 is 0 Å². The molecule has 5 heteroatoms. The molecule has 0 radical (unpaired) electrons. The van der Waals surface area contributed by atoms with E-state index in [-0.39, 0.29) is 0 Å². The lowest BCUT2D eigenvalue weighted by atomic mass is 10.0. The van der Waals surface area contributed by atoms with Crippen molar-refractivity contribution in [3.63, 3.8) is 0 Å². The van der Waals surface area contributed by atoms with Gasteiger partial charge in [-0.3, -0.25) is 4.90 Å². The summed E-state index contributed by atoms with van der Waals surface area (Å²) in [6, 6.07) is 14.3. The number of likely N-dealkylation sites (N-methyl/N-ethyl adjacent to an activating group) is 1. The largest absolute Gasteiger partial charge is 0.398 e. The summed E-state index contributed by atoms with van der Waals surface area (Å²) in [6.07, 6.45) is 1.63. The molecule has 0 amide bonds. The summed E-state index contributed by atoms with van der Waals surface area (Å²) in [5.41, 5.74) is 11.7. The molecule has 0 spiro atoms. The van der Waals surface area contributed by atoms with Crippen molar-refractivity contribution in [2.45, 2.75) is 20.4 Å². The molecule has 3 N–H and O–H groups in total. The van der Waals surface area contributed by atoms with Crippen LogP contribution in [0.1, 0.15) is 22.3 Å². The zero-order valence-electron chi connectivity index (χ0n) is 17.2. The molecule has 28 heavy (non-hydrogen) atoms. The lowest BCUT2D eigenvalue weighted by Gasteiger charge is -2.32. The first kappa shape index (κ1) is 21.5. The monoisotopic (exact) mass is 377 g/mol. The molecule has 148 valence electrons. The van der Waals surface area contributed by atoms with Gasteiger partial charge in [0.1, 0.15) is 0 Å². The van der Waals surface area contributed by atoms with Gasteiger partial charge in [0.05, 0.1) is 11.6 Å². The van der Waals surface area contributed by atoms with Crippen molar-refractivity contribution in [2.24, 2.45) is 0 Å². The highest BCUT2D eigenvalue weighted by Gasteiger charge is 2.15. The van der Waals surface area contributed by atoms with Gasteiger partial charge in [0, 0.05) is 44.1 Å². The average Bonchev–Trinajstić information content (AvgIpc) is 2.68. The third kappa shape index (κ3) is 6.41. The van der Waals surface area contributed by atoms with Gasteiger partial charge in [0.15, 0.2) is 0 Å². The topological polar surface area (TPSA) is 68.3 Å². The lowest BCUT2D eigenvalue weighted by Crippen LogP contribution is -2.43. The van der Waals surface area contributed by atoms with E-state index in [2.05, 4.69) is 46.9 Å². The van der Waals surface area contributed by atoms with E-state index in [1.165, 1.54) is 0 Å². The van der Waals surface area contributed by atoms with E-state index in [1.807, 2.05) is 38.1 Å². The number of hydrogen-bond acceptors (Lipinski definition) is 5. The van der Waals surface area contributed by atoms with Crippen molar-refractivity contribution in [2.75, 3.05) is 44.3 Å². The maximum absolute atomic E-state index is 9.14. The summed E-state index contributed by atoms with van der Waals surface area (Å²) in [7, 11) is 2.16. The van der Waals surface area contributed by atoms with Gasteiger partial charge in [-0.1, -0.05) is 24.8 Å². The number of hydrogen-bond donors (Lipinski definition) is 2. The van der Waals surface area contributed by atoms with E-state index in [4.69, 9.17) is 11.0 Å². The van der Waals surface area contributed by atoms with Crippen LogP contribution in [0.2, 0.25) is 0 Å². The Kier molecular flexibility index (Phi) is 8.06. The van der Waals surface area contributed by atoms with Crippen LogP contribution in [0.25, 0.3) is 0 Å². The van der Waals surface area contributed by atoms with E-state index in [0.29, 0.717) is 0 Å². The number of anilines is 2. The minimum Gasteiger partial charge on any atom is -0.398 e. The summed E-state index contributed by atoms with van der Waals surface area (Å²) in [4.78, 5) is 4.77. The second-order valence-corrected chi connectivity index (χ2v) is 7.27. The Bertz CT molecular complexity index is 829. The number of nitrogen functional groups attached to an aromatic ring is 1. The predicted molar refractivity (Wildman–Crippen MR) is 118 cm³/mol. The van der Waals surface area contributed by atoms with Crippen molar-refractivity contribution in [1.29, 1.82) is 5.26 Å². The molecule has 0 aromatic heterocycles. The first-order valence-electron chi connectivity index (χ1n) is 9.57. The summed E-state index contributed by atoms with van der Waals surface area (Å²) in [5, 5.41) is 12.1. The number of piperazine rings is 1. The Morgan fingerprint density at radius 3 is 2.46 bits per heavy atom. The number of nitrogens with zero attached hydrogens (tertiary/aromatic N) is 3. The van der Waals surface area contributed by atoms with Gasteiger partial charge in [-0.2, -0.15) is 5.26 Å². The van der Waals surface area contributed by atoms with E-state index in [9.17, 15) is 0 Å². The molecule has 1 saturated heterocycles. The summed E-state index contributed by atoms with van der Waals surface area (Å²) in [6.45, 7) is 12.9. The van der Waals surface area contributed by atoms with Gasteiger partial charge in [-0.15, -0.1) is 0 Å². The van der Waals surface area contributed by atoms with E-state index in [1.54, 1.807) is 6.20 Å². The Balaban J connectivity index is 0.000000221. The molecular formula is C23H31N5. The average molecular weight is 378 g/mol. The van der Waals surface area contributed by atoms with Crippen molar-refractivity contribution >= 4 is 11.4 Å². The third-order valence-electron chi connectivity index (χ3n) is 4.92. The molecule has 1 aliphatic rings. The van der Waals surface area contributed by atoms with Crippen LogP contribution in [0.3, 0.4) is 0 Å². The summed E-state index contributed by atoms with van der Waals surface area (Å²) in [5.74, 6) is 0. The maximum atomic E-state index is 9.14. The normalized spacial score (nSPS) is 14.5. The van der Waals surface area contributed by atoms with Crippen LogP contribution < -0.4 is 11.1 Å². The number of rotatable bonds is 4. The highest BCUT2D eigenvalue weighted by Crippen LogP contribution is 2.16. The Morgan fingerprint density at radius 1 is 1.14 bits per heavy atom. The number of nitriles is 1. The van der Waals surface area contributed by atoms with Crippen LogP contribution in [0.15, 0.2) is 49.2 Å². The molecule has 1 heterocycles. The molecule has 0 atom stereocenters. The fourth-order valence-electron chi connectivity index (χ4n) is 3.03. The van der Waals surface area contributed by atoms with E-state index < -0.39 is 0 Å². The first-order valence-corrected chi connectivity index (χ1v) is 9.57. The molecule has 3 rings (SSSR count). The second kappa shape index (κ2) is 10.5. The molecular weight excluding hydrogens is 346 g/mol. The highest BCUT2D eigenvalue weighted by atomic mass is 15.2. The van der Waals surface area contributed by atoms with Crippen molar-refractivity contribution in [1.82, 2.24) is 9.80 Å². The number of nitrogens with two attached hydrogens (primary N) is 1. The van der Waals surface area contributed by atoms with Crippen LogP contribution in [-0.4, -0.2) is 43.0 Å². The SMILES string of the molecule is C=CNc1ccc(C)c(N)c1.Cc1ccc(CN2CCN(C)CC2)c(C#N)c1. The molecule has 5 nitrogen and oxygen atoms in total. The van der Waals surface area contributed by atoms with Crippen LogP contribution in [0, 0.1) is 25.2 Å². The highest BCUT2D eigenvalue weighted by molar-refractivity contribution is 5.59. The van der Waals surface area contributed by atoms with Gasteiger partial charge in [0.2, 0.25) is 0 Å². The Morgan fingerprint density at radius 2 is 1.86 bits per heavy atom. The molecule has 2 aromatic carbocycles. The van der Waals surface area contributed by atoms with E-state index in [0.717, 1.165) is 66.4 Å². The van der Waals surface area contributed by atoms with Crippen molar-refractivity contribution in [3.8, 4) is 6.07 Å². The fourth-order valence-corrected chi connectivity index (χ4v) is 3.03. The zero-order valence-corrected chi connectivity index (χ0v) is 17.2. The van der Waals surface area contributed by atoms with E-state index >= 15 is 0 Å². The van der Waals surface area contributed by atoms with Gasteiger partial charge in [0.25, 0.3) is 0 Å². The summed E-state index contributed by atoms with van der Waals surface area (Å²) >= 11 is 0. The first-order chi connectivity index (χ1) is 13.4. The van der Waals surface area contributed by atoms with Gasteiger partial charge < -0.3 is 16.0 Å². The van der Waals surface area contributed by atoms with Crippen LogP contribution in [-0.2, 0) is 6.54 Å². The molecule has 0 saturated carbocycles. The molecule has 0 unspecified atom stereocenters. The van der Waals surface area contributed by atoms with Crippen LogP contribution >= 0.6 is 0 Å².